The van der Waals surface area contributed by atoms with E-state index in [0.29, 0.717) is 5.56 Å². The lowest BCUT2D eigenvalue weighted by Crippen LogP contribution is -2.12. The summed E-state index contributed by atoms with van der Waals surface area (Å²) >= 11 is 5.95. The monoisotopic (exact) mass is 257 g/mol. The molecule has 1 atom stereocenters. The molecule has 6 heteroatoms. The van der Waals surface area contributed by atoms with Crippen molar-refractivity contribution < 1.29 is 19.1 Å². The Hall–Kier alpha value is -1.62. The first kappa shape index (κ1) is 11.9. The third-order valence-corrected chi connectivity index (χ3v) is 3.11. The summed E-state index contributed by atoms with van der Waals surface area (Å²) < 4.78 is 18.3. The fourth-order valence-electron chi connectivity index (χ4n) is 2.03. The third-order valence-electron chi connectivity index (χ3n) is 2.78. The number of fused-ring (bicyclic) bond motifs is 1. The number of methoxy groups -OCH3 is 1. The first-order valence-corrected chi connectivity index (χ1v) is 5.25. The van der Waals surface area contributed by atoms with Crippen LogP contribution >= 0.6 is 11.6 Å². The van der Waals surface area contributed by atoms with Crippen molar-refractivity contribution >= 4 is 23.3 Å². The lowest BCUT2D eigenvalue weighted by molar-refractivity contribution is -0.142. The van der Waals surface area contributed by atoms with E-state index in [1.165, 1.54) is 19.2 Å². The van der Waals surface area contributed by atoms with E-state index in [1.807, 2.05) is 0 Å². The second kappa shape index (κ2) is 4.33. The van der Waals surface area contributed by atoms with Crippen LogP contribution in [0.1, 0.15) is 23.5 Å². The van der Waals surface area contributed by atoms with Crippen molar-refractivity contribution in [3.05, 3.63) is 34.1 Å². The number of esters is 1. The Labute approximate surface area is 102 Å². The number of carbonyl (C=O) groups is 1. The smallest absolute Gasteiger partial charge is 0.313 e. The van der Waals surface area contributed by atoms with Crippen molar-refractivity contribution in [3.8, 4) is 0 Å². The molecule has 17 heavy (non-hydrogen) atoms. The van der Waals surface area contributed by atoms with Gasteiger partial charge in [-0.3, -0.25) is 4.79 Å². The van der Waals surface area contributed by atoms with E-state index < -0.39 is 17.7 Å². The minimum atomic E-state index is -0.718. The standard InChI is InChI=1S/C11H9ClFNO3/c1-17-11(15)5-4-8(14-16)10-7(13)3-2-6(12)9(5)10/h2-3,5,16H,4H2,1H3/b14-8+. The zero-order valence-electron chi connectivity index (χ0n) is 8.91. The van der Waals surface area contributed by atoms with Gasteiger partial charge in [0.25, 0.3) is 0 Å². The summed E-state index contributed by atoms with van der Waals surface area (Å²) in [6.07, 6.45) is 0.0825. The molecule has 1 aliphatic rings. The predicted molar refractivity (Wildman–Crippen MR) is 59.1 cm³/mol. The maximum absolute atomic E-state index is 13.6. The molecule has 1 aromatic carbocycles. The Morgan fingerprint density at radius 3 is 2.94 bits per heavy atom. The molecule has 0 bridgehead atoms. The van der Waals surface area contributed by atoms with Crippen LogP contribution in [0.2, 0.25) is 5.02 Å². The number of ether oxygens (including phenoxy) is 1. The van der Waals surface area contributed by atoms with Crippen molar-refractivity contribution in [2.45, 2.75) is 12.3 Å². The van der Waals surface area contributed by atoms with Crippen molar-refractivity contribution in [1.29, 1.82) is 0 Å². The lowest BCUT2D eigenvalue weighted by atomic mass is 10.0. The number of nitrogens with zero attached hydrogens (tertiary/aromatic N) is 1. The van der Waals surface area contributed by atoms with Crippen molar-refractivity contribution in [1.82, 2.24) is 0 Å². The molecule has 1 N–H and O–H groups in total. The van der Waals surface area contributed by atoms with E-state index in [9.17, 15) is 9.18 Å². The van der Waals surface area contributed by atoms with Crippen LogP contribution < -0.4 is 0 Å². The van der Waals surface area contributed by atoms with Crippen molar-refractivity contribution in [2.75, 3.05) is 7.11 Å². The third kappa shape index (κ3) is 1.76. The number of hydrogen-bond acceptors (Lipinski definition) is 4. The van der Waals surface area contributed by atoms with Crippen molar-refractivity contribution in [3.63, 3.8) is 0 Å². The van der Waals surface area contributed by atoms with Gasteiger partial charge in [0, 0.05) is 17.0 Å². The summed E-state index contributed by atoms with van der Waals surface area (Å²) in [4.78, 5) is 11.6. The highest BCUT2D eigenvalue weighted by molar-refractivity contribution is 6.33. The first-order valence-electron chi connectivity index (χ1n) is 4.87. The summed E-state index contributed by atoms with van der Waals surface area (Å²) in [5.74, 6) is -1.81. The fraction of sp³-hybridized carbons (Fsp3) is 0.273. The van der Waals surface area contributed by atoms with E-state index in [4.69, 9.17) is 16.8 Å². The van der Waals surface area contributed by atoms with E-state index in [2.05, 4.69) is 9.89 Å². The van der Waals surface area contributed by atoms with Gasteiger partial charge < -0.3 is 9.94 Å². The van der Waals surface area contributed by atoms with Crippen LogP contribution in [0.5, 0.6) is 0 Å². The second-order valence-electron chi connectivity index (χ2n) is 3.64. The maximum atomic E-state index is 13.6. The number of halogens is 2. The number of rotatable bonds is 1. The van der Waals surface area contributed by atoms with E-state index in [-0.39, 0.29) is 22.7 Å². The summed E-state index contributed by atoms with van der Waals surface area (Å²) in [6.45, 7) is 0. The summed E-state index contributed by atoms with van der Waals surface area (Å²) in [5.41, 5.74) is 0.525. The molecule has 0 amide bonds. The largest absolute Gasteiger partial charge is 0.469 e. The number of oxime groups is 1. The maximum Gasteiger partial charge on any atom is 0.313 e. The number of benzene rings is 1. The summed E-state index contributed by atoms with van der Waals surface area (Å²) in [6, 6.07) is 2.54. The normalized spacial score (nSPS) is 20.4. The van der Waals surface area contributed by atoms with Gasteiger partial charge in [-0.05, 0) is 17.7 Å². The van der Waals surface area contributed by atoms with Crippen LogP contribution in [0, 0.1) is 5.82 Å². The molecule has 0 radical (unpaired) electrons. The van der Waals surface area contributed by atoms with Gasteiger partial charge in [0.2, 0.25) is 0 Å². The molecule has 0 saturated carbocycles. The Morgan fingerprint density at radius 1 is 1.65 bits per heavy atom. The number of hydrogen-bond donors (Lipinski definition) is 1. The lowest BCUT2D eigenvalue weighted by Gasteiger charge is -2.09. The Bertz CT molecular complexity index is 516. The highest BCUT2D eigenvalue weighted by Gasteiger charge is 2.38. The van der Waals surface area contributed by atoms with E-state index in [1.54, 1.807) is 0 Å². The van der Waals surface area contributed by atoms with E-state index in [0.717, 1.165) is 0 Å². The highest BCUT2D eigenvalue weighted by atomic mass is 35.5. The first-order chi connectivity index (χ1) is 8.10. The van der Waals surface area contributed by atoms with Gasteiger partial charge in [0.1, 0.15) is 5.82 Å². The molecular weight excluding hydrogens is 249 g/mol. The zero-order chi connectivity index (χ0) is 12.6. The average molecular weight is 258 g/mol. The summed E-state index contributed by atoms with van der Waals surface area (Å²) in [7, 11) is 1.24. The molecular formula is C11H9ClFNO3. The number of carbonyl (C=O) groups excluding carboxylic acids is 1. The zero-order valence-corrected chi connectivity index (χ0v) is 9.66. The van der Waals surface area contributed by atoms with Gasteiger partial charge in [0.05, 0.1) is 18.7 Å². The molecule has 0 saturated heterocycles. The SMILES string of the molecule is COC(=O)C1C/C(=N\O)c2c(F)ccc(Cl)c21. The Balaban J connectivity index is 2.64. The molecule has 1 unspecified atom stereocenters. The molecule has 0 spiro atoms. The quantitative estimate of drug-likeness (QED) is 0.477. The Kier molecular flexibility index (Phi) is 3.02. The minimum absolute atomic E-state index is 0.0825. The van der Waals surface area contributed by atoms with Gasteiger partial charge >= 0.3 is 5.97 Å². The molecule has 0 aliphatic heterocycles. The Morgan fingerprint density at radius 2 is 2.35 bits per heavy atom. The van der Waals surface area contributed by atoms with Crippen molar-refractivity contribution in [2.24, 2.45) is 5.16 Å². The predicted octanol–water partition coefficient (Wildman–Crippen LogP) is 2.32. The molecule has 0 fully saturated rings. The van der Waals surface area contributed by atoms with Crippen LogP contribution in [0.4, 0.5) is 4.39 Å². The van der Waals surface area contributed by atoms with Gasteiger partial charge in [0.15, 0.2) is 0 Å². The van der Waals surface area contributed by atoms with Gasteiger partial charge in [-0.2, -0.15) is 0 Å². The molecule has 0 aromatic heterocycles. The molecule has 1 aliphatic carbocycles. The molecule has 90 valence electrons. The second-order valence-corrected chi connectivity index (χ2v) is 4.05. The topological polar surface area (TPSA) is 58.9 Å². The summed E-state index contributed by atoms with van der Waals surface area (Å²) in [5, 5.41) is 12.1. The van der Waals surface area contributed by atoms with Crippen LogP contribution in [-0.2, 0) is 9.53 Å². The van der Waals surface area contributed by atoms with Gasteiger partial charge in [-0.1, -0.05) is 16.8 Å². The fourth-order valence-corrected chi connectivity index (χ4v) is 2.32. The van der Waals surface area contributed by atoms with Crippen LogP contribution in [0.3, 0.4) is 0 Å². The van der Waals surface area contributed by atoms with Gasteiger partial charge in [-0.25, -0.2) is 4.39 Å². The van der Waals surface area contributed by atoms with Crippen LogP contribution in [0.25, 0.3) is 0 Å². The van der Waals surface area contributed by atoms with Crippen LogP contribution in [0.15, 0.2) is 17.3 Å². The highest BCUT2D eigenvalue weighted by Crippen LogP contribution is 2.40. The average Bonchev–Trinajstić information content (AvgIpc) is 2.73. The van der Waals surface area contributed by atoms with E-state index >= 15 is 0 Å². The van der Waals surface area contributed by atoms with Crippen LogP contribution in [-0.4, -0.2) is 24.0 Å². The molecule has 1 aromatic rings. The van der Waals surface area contributed by atoms with Gasteiger partial charge in [-0.15, -0.1) is 0 Å². The molecule has 0 heterocycles. The molecule has 4 nitrogen and oxygen atoms in total. The molecule has 2 rings (SSSR count). The minimum Gasteiger partial charge on any atom is -0.469 e.